The molecule has 1 nitrogen and oxygen atoms in total. The Morgan fingerprint density at radius 1 is 1.00 bits per heavy atom. The van der Waals surface area contributed by atoms with Gasteiger partial charge in [0.05, 0.1) is 6.54 Å². The first-order valence-electron chi connectivity index (χ1n) is 6.11. The molecule has 1 saturated heterocycles. The monoisotopic (exact) mass is 193 g/mol. The molecular weight excluding hydrogens is 170 g/mol. The zero-order valence-electron chi connectivity index (χ0n) is 9.52. The summed E-state index contributed by atoms with van der Waals surface area (Å²) in [7, 11) is 0. The third-order valence-electron chi connectivity index (χ3n) is 2.78. The van der Waals surface area contributed by atoms with Crippen LogP contribution in [0.4, 0.5) is 0 Å². The van der Waals surface area contributed by atoms with Crippen molar-refractivity contribution in [1.82, 2.24) is 4.90 Å². The van der Waals surface area contributed by atoms with Crippen molar-refractivity contribution in [2.45, 2.75) is 51.9 Å². The van der Waals surface area contributed by atoms with Crippen LogP contribution < -0.4 is 0 Å². The highest BCUT2D eigenvalue weighted by molar-refractivity contribution is 5.01. The van der Waals surface area contributed by atoms with Gasteiger partial charge in [-0.15, -0.1) is 5.92 Å². The number of hydrogen-bond acceptors (Lipinski definition) is 1. The third-order valence-corrected chi connectivity index (χ3v) is 2.78. The molecule has 1 aliphatic rings. The minimum Gasteiger partial charge on any atom is -0.292 e. The van der Waals surface area contributed by atoms with E-state index in [9.17, 15) is 0 Å². The fourth-order valence-electron chi connectivity index (χ4n) is 1.84. The summed E-state index contributed by atoms with van der Waals surface area (Å²) >= 11 is 0. The minimum absolute atomic E-state index is 1.01. The zero-order valence-corrected chi connectivity index (χ0v) is 9.52. The molecule has 1 heterocycles. The number of rotatable bonds is 4. The van der Waals surface area contributed by atoms with Crippen LogP contribution in [0, 0.1) is 11.8 Å². The van der Waals surface area contributed by atoms with Crippen LogP contribution in [0.5, 0.6) is 0 Å². The molecule has 80 valence electrons. The van der Waals surface area contributed by atoms with Crippen LogP contribution in [0.3, 0.4) is 0 Å². The van der Waals surface area contributed by atoms with Gasteiger partial charge in [0, 0.05) is 6.42 Å². The van der Waals surface area contributed by atoms with Crippen LogP contribution >= 0.6 is 0 Å². The molecule has 0 aromatic heterocycles. The molecule has 0 spiro atoms. The number of piperidine rings is 1. The van der Waals surface area contributed by atoms with Crippen molar-refractivity contribution in [1.29, 1.82) is 0 Å². The Bertz CT molecular complexity index is 181. The maximum atomic E-state index is 3.29. The molecule has 0 amide bonds. The highest BCUT2D eigenvalue weighted by Crippen LogP contribution is 2.07. The lowest BCUT2D eigenvalue weighted by Gasteiger charge is -2.23. The van der Waals surface area contributed by atoms with E-state index in [4.69, 9.17) is 0 Å². The summed E-state index contributed by atoms with van der Waals surface area (Å²) in [4.78, 5) is 2.48. The predicted molar refractivity (Wildman–Crippen MR) is 62.2 cm³/mol. The van der Waals surface area contributed by atoms with Gasteiger partial charge in [-0.1, -0.05) is 32.1 Å². The molecule has 14 heavy (non-hydrogen) atoms. The van der Waals surface area contributed by atoms with Crippen molar-refractivity contribution in [3.63, 3.8) is 0 Å². The van der Waals surface area contributed by atoms with Gasteiger partial charge in [0.1, 0.15) is 0 Å². The van der Waals surface area contributed by atoms with Gasteiger partial charge in [-0.05, 0) is 32.4 Å². The van der Waals surface area contributed by atoms with E-state index in [-0.39, 0.29) is 0 Å². The van der Waals surface area contributed by atoms with Gasteiger partial charge in [-0.25, -0.2) is 0 Å². The second-order valence-corrected chi connectivity index (χ2v) is 4.15. The van der Waals surface area contributed by atoms with Gasteiger partial charge in [-0.2, -0.15) is 0 Å². The maximum Gasteiger partial charge on any atom is 0.0601 e. The first-order chi connectivity index (χ1) is 6.93. The largest absolute Gasteiger partial charge is 0.292 e. The molecule has 0 aromatic rings. The first-order valence-corrected chi connectivity index (χ1v) is 6.11. The SMILES string of the molecule is CCCCCC#CCN1CCCCC1. The summed E-state index contributed by atoms with van der Waals surface area (Å²) in [6.45, 7) is 5.78. The van der Waals surface area contributed by atoms with Crippen LogP contribution in [-0.2, 0) is 0 Å². The Morgan fingerprint density at radius 3 is 2.50 bits per heavy atom. The quantitative estimate of drug-likeness (QED) is 0.490. The van der Waals surface area contributed by atoms with Gasteiger partial charge < -0.3 is 0 Å². The molecule has 0 atom stereocenters. The maximum absolute atomic E-state index is 3.29. The van der Waals surface area contributed by atoms with E-state index in [1.54, 1.807) is 0 Å². The molecule has 0 N–H and O–H groups in total. The molecule has 1 fully saturated rings. The average Bonchev–Trinajstić information content (AvgIpc) is 2.25. The highest BCUT2D eigenvalue weighted by atomic mass is 15.1. The molecule has 1 aliphatic heterocycles. The number of nitrogens with zero attached hydrogens (tertiary/aromatic N) is 1. The van der Waals surface area contributed by atoms with Crippen molar-refractivity contribution in [2.75, 3.05) is 19.6 Å². The van der Waals surface area contributed by atoms with Crippen LogP contribution in [0.2, 0.25) is 0 Å². The summed E-state index contributed by atoms with van der Waals surface area (Å²) in [5, 5.41) is 0. The second-order valence-electron chi connectivity index (χ2n) is 4.15. The highest BCUT2D eigenvalue weighted by Gasteiger charge is 2.07. The zero-order chi connectivity index (χ0) is 10.1. The standard InChI is InChI=1S/C13H23N/c1-2-3-4-5-6-8-11-14-12-9-7-10-13-14/h2-5,7,9-13H2,1H3. The molecule has 0 saturated carbocycles. The molecule has 0 radical (unpaired) electrons. The van der Waals surface area contributed by atoms with Gasteiger partial charge in [0.25, 0.3) is 0 Å². The van der Waals surface area contributed by atoms with Crippen LogP contribution in [0.15, 0.2) is 0 Å². The van der Waals surface area contributed by atoms with Gasteiger partial charge in [-0.3, -0.25) is 4.90 Å². The fraction of sp³-hybridized carbons (Fsp3) is 0.846. The Labute approximate surface area is 88.9 Å². The van der Waals surface area contributed by atoms with Gasteiger partial charge in [0.2, 0.25) is 0 Å². The van der Waals surface area contributed by atoms with Crippen LogP contribution in [0.25, 0.3) is 0 Å². The molecule has 0 bridgehead atoms. The van der Waals surface area contributed by atoms with Crippen molar-refractivity contribution in [3.8, 4) is 11.8 Å². The van der Waals surface area contributed by atoms with E-state index < -0.39 is 0 Å². The van der Waals surface area contributed by atoms with E-state index in [2.05, 4.69) is 23.7 Å². The normalized spacial score (nSPS) is 17.5. The van der Waals surface area contributed by atoms with Gasteiger partial charge >= 0.3 is 0 Å². The van der Waals surface area contributed by atoms with E-state index in [0.29, 0.717) is 0 Å². The van der Waals surface area contributed by atoms with E-state index in [0.717, 1.165) is 13.0 Å². The lowest BCUT2D eigenvalue weighted by Crippen LogP contribution is -2.29. The van der Waals surface area contributed by atoms with Crippen molar-refractivity contribution in [2.24, 2.45) is 0 Å². The minimum atomic E-state index is 1.01. The summed E-state index contributed by atoms with van der Waals surface area (Å²) in [5.41, 5.74) is 0. The Kier molecular flexibility index (Phi) is 6.53. The summed E-state index contributed by atoms with van der Waals surface area (Å²) in [5.74, 6) is 6.57. The smallest absolute Gasteiger partial charge is 0.0601 e. The van der Waals surface area contributed by atoms with Crippen molar-refractivity contribution < 1.29 is 0 Å². The Morgan fingerprint density at radius 2 is 1.79 bits per heavy atom. The summed E-state index contributed by atoms with van der Waals surface area (Å²) in [6, 6.07) is 0. The molecular formula is C13H23N. The van der Waals surface area contributed by atoms with Gasteiger partial charge in [0.15, 0.2) is 0 Å². The molecule has 0 aromatic carbocycles. The number of likely N-dealkylation sites (tertiary alicyclic amines) is 1. The molecule has 0 aliphatic carbocycles. The van der Waals surface area contributed by atoms with E-state index in [1.807, 2.05) is 0 Å². The predicted octanol–water partition coefficient (Wildman–Crippen LogP) is 3.06. The molecule has 1 rings (SSSR count). The summed E-state index contributed by atoms with van der Waals surface area (Å²) in [6.07, 6.45) is 9.17. The summed E-state index contributed by atoms with van der Waals surface area (Å²) < 4.78 is 0. The van der Waals surface area contributed by atoms with Crippen LogP contribution in [0.1, 0.15) is 51.9 Å². The van der Waals surface area contributed by atoms with E-state index in [1.165, 1.54) is 51.6 Å². The Hall–Kier alpha value is -0.480. The number of hydrogen-bond donors (Lipinski definition) is 0. The topological polar surface area (TPSA) is 3.24 Å². The Balaban J connectivity index is 2.00. The third kappa shape index (κ3) is 5.29. The second kappa shape index (κ2) is 7.88. The number of unbranched alkanes of at least 4 members (excludes halogenated alkanes) is 3. The van der Waals surface area contributed by atoms with Crippen molar-refractivity contribution in [3.05, 3.63) is 0 Å². The lowest BCUT2D eigenvalue weighted by atomic mass is 10.1. The molecule has 1 heteroatoms. The van der Waals surface area contributed by atoms with Crippen LogP contribution in [-0.4, -0.2) is 24.5 Å². The molecule has 0 unspecified atom stereocenters. The van der Waals surface area contributed by atoms with Crippen molar-refractivity contribution >= 4 is 0 Å². The fourth-order valence-corrected chi connectivity index (χ4v) is 1.84. The average molecular weight is 193 g/mol. The lowest BCUT2D eigenvalue weighted by molar-refractivity contribution is 0.255. The first kappa shape index (κ1) is 11.6. The van der Waals surface area contributed by atoms with E-state index >= 15 is 0 Å².